The van der Waals surface area contributed by atoms with Gasteiger partial charge in [0.25, 0.3) is 0 Å². The zero-order chi connectivity index (χ0) is 13.1. The standard InChI is InChI=1S/C13H13N5/c1-9-8-18(13(15)17-9)16-7-12-5-3-4-11(6-14)10(12)2/h3-5,7-8H,1-2H3,(H2,15,17). The fraction of sp³-hybridized carbons (Fsp3) is 0.154. The third-order valence-electron chi connectivity index (χ3n) is 2.65. The van der Waals surface area contributed by atoms with E-state index in [-0.39, 0.29) is 0 Å². The van der Waals surface area contributed by atoms with Gasteiger partial charge >= 0.3 is 0 Å². The van der Waals surface area contributed by atoms with Crippen molar-refractivity contribution in [2.75, 3.05) is 5.73 Å². The molecule has 0 bridgehead atoms. The molecule has 0 spiro atoms. The predicted octanol–water partition coefficient (Wildman–Crippen LogP) is 1.84. The lowest BCUT2D eigenvalue weighted by atomic mass is 10.0. The van der Waals surface area contributed by atoms with Crippen molar-refractivity contribution in [1.82, 2.24) is 9.66 Å². The van der Waals surface area contributed by atoms with E-state index < -0.39 is 0 Å². The third kappa shape index (κ3) is 2.23. The minimum Gasteiger partial charge on any atom is -0.368 e. The molecule has 0 saturated heterocycles. The number of aryl methyl sites for hydroxylation is 1. The largest absolute Gasteiger partial charge is 0.368 e. The second kappa shape index (κ2) is 4.72. The maximum absolute atomic E-state index is 8.95. The highest BCUT2D eigenvalue weighted by atomic mass is 15.4. The molecule has 0 unspecified atom stereocenters. The number of benzene rings is 1. The van der Waals surface area contributed by atoms with Gasteiger partial charge in [-0.2, -0.15) is 10.4 Å². The number of hydrogen-bond acceptors (Lipinski definition) is 4. The Morgan fingerprint density at radius 1 is 1.44 bits per heavy atom. The first-order valence-electron chi connectivity index (χ1n) is 5.47. The van der Waals surface area contributed by atoms with Crippen molar-refractivity contribution in [3.05, 3.63) is 46.8 Å². The summed E-state index contributed by atoms with van der Waals surface area (Å²) in [5.41, 5.74) is 8.94. The first-order chi connectivity index (χ1) is 8.61. The van der Waals surface area contributed by atoms with Gasteiger partial charge in [0.15, 0.2) is 0 Å². The molecule has 0 aliphatic rings. The van der Waals surface area contributed by atoms with E-state index in [9.17, 15) is 0 Å². The Balaban J connectivity index is 2.35. The first-order valence-corrected chi connectivity index (χ1v) is 5.47. The third-order valence-corrected chi connectivity index (χ3v) is 2.65. The molecule has 90 valence electrons. The predicted molar refractivity (Wildman–Crippen MR) is 70.3 cm³/mol. The van der Waals surface area contributed by atoms with Crippen LogP contribution >= 0.6 is 0 Å². The maximum atomic E-state index is 8.95. The average Bonchev–Trinajstić information content (AvgIpc) is 2.66. The molecule has 5 nitrogen and oxygen atoms in total. The van der Waals surface area contributed by atoms with E-state index >= 15 is 0 Å². The van der Waals surface area contributed by atoms with Crippen LogP contribution in [0.1, 0.15) is 22.4 Å². The molecule has 0 atom stereocenters. The van der Waals surface area contributed by atoms with Crippen LogP contribution in [0.3, 0.4) is 0 Å². The summed E-state index contributed by atoms with van der Waals surface area (Å²) in [6.07, 6.45) is 3.42. The van der Waals surface area contributed by atoms with Crippen molar-refractivity contribution < 1.29 is 0 Å². The molecule has 2 aromatic rings. The summed E-state index contributed by atoms with van der Waals surface area (Å²) in [4.78, 5) is 4.05. The monoisotopic (exact) mass is 239 g/mol. The van der Waals surface area contributed by atoms with Crippen LogP contribution in [0.2, 0.25) is 0 Å². The van der Waals surface area contributed by atoms with E-state index in [2.05, 4.69) is 16.2 Å². The van der Waals surface area contributed by atoms with Crippen molar-refractivity contribution in [1.29, 1.82) is 5.26 Å². The van der Waals surface area contributed by atoms with Crippen molar-refractivity contribution in [3.8, 4) is 6.07 Å². The second-order valence-electron chi connectivity index (χ2n) is 3.96. The van der Waals surface area contributed by atoms with Gasteiger partial charge in [-0.1, -0.05) is 12.1 Å². The molecule has 1 heterocycles. The number of rotatable bonds is 2. The highest BCUT2D eigenvalue weighted by Crippen LogP contribution is 2.11. The molecule has 0 aliphatic carbocycles. The number of hydrogen-bond donors (Lipinski definition) is 1. The average molecular weight is 239 g/mol. The number of nitrogen functional groups attached to an aromatic ring is 1. The summed E-state index contributed by atoms with van der Waals surface area (Å²) in [7, 11) is 0. The fourth-order valence-electron chi connectivity index (χ4n) is 1.64. The van der Waals surface area contributed by atoms with Gasteiger partial charge in [0, 0.05) is 0 Å². The van der Waals surface area contributed by atoms with Crippen LogP contribution in [0.4, 0.5) is 5.95 Å². The Morgan fingerprint density at radius 3 is 2.83 bits per heavy atom. The first kappa shape index (κ1) is 11.9. The Hall–Kier alpha value is -2.61. The van der Waals surface area contributed by atoms with Crippen LogP contribution in [-0.4, -0.2) is 15.9 Å². The van der Waals surface area contributed by atoms with Crippen LogP contribution in [0.15, 0.2) is 29.5 Å². The normalized spacial score (nSPS) is 10.7. The highest BCUT2D eigenvalue weighted by molar-refractivity contribution is 5.82. The van der Waals surface area contributed by atoms with Gasteiger partial charge in [-0.25, -0.2) is 9.66 Å². The molecular formula is C13H13N5. The number of anilines is 1. The van der Waals surface area contributed by atoms with Gasteiger partial charge in [0.1, 0.15) is 0 Å². The Labute approximate surface area is 105 Å². The molecule has 0 saturated carbocycles. The smallest absolute Gasteiger partial charge is 0.221 e. The topological polar surface area (TPSA) is 80.0 Å². The van der Waals surface area contributed by atoms with Gasteiger partial charge in [-0.15, -0.1) is 0 Å². The van der Waals surface area contributed by atoms with Crippen LogP contribution in [0.25, 0.3) is 0 Å². The lowest BCUT2D eigenvalue weighted by Gasteiger charge is -2.01. The Kier molecular flexibility index (Phi) is 3.11. The van der Waals surface area contributed by atoms with Gasteiger partial charge in [0.05, 0.1) is 29.7 Å². The molecule has 2 rings (SSSR count). The summed E-state index contributed by atoms with van der Waals surface area (Å²) in [6.45, 7) is 3.74. The molecule has 2 N–H and O–H groups in total. The number of aromatic nitrogens is 2. The SMILES string of the molecule is Cc1cn(N=Cc2cccc(C#N)c2C)c(N)n1. The molecule has 0 radical (unpaired) electrons. The van der Waals surface area contributed by atoms with Crippen LogP contribution in [-0.2, 0) is 0 Å². The Morgan fingerprint density at radius 2 is 2.22 bits per heavy atom. The number of nitrogens with zero attached hydrogens (tertiary/aromatic N) is 4. The van der Waals surface area contributed by atoms with Gasteiger partial charge in [-0.05, 0) is 31.0 Å². The molecule has 1 aromatic carbocycles. The van der Waals surface area contributed by atoms with Crippen molar-refractivity contribution >= 4 is 12.2 Å². The minimum absolute atomic E-state index is 0.345. The lowest BCUT2D eigenvalue weighted by Crippen LogP contribution is -1.98. The van der Waals surface area contributed by atoms with E-state index in [1.807, 2.05) is 26.0 Å². The van der Waals surface area contributed by atoms with Crippen LogP contribution in [0.5, 0.6) is 0 Å². The summed E-state index contributed by atoms with van der Waals surface area (Å²) >= 11 is 0. The zero-order valence-corrected chi connectivity index (χ0v) is 10.3. The van der Waals surface area contributed by atoms with E-state index in [1.165, 1.54) is 4.68 Å². The van der Waals surface area contributed by atoms with Crippen molar-refractivity contribution in [3.63, 3.8) is 0 Å². The number of nitriles is 1. The lowest BCUT2D eigenvalue weighted by molar-refractivity contribution is 0.896. The van der Waals surface area contributed by atoms with Gasteiger partial charge < -0.3 is 5.73 Å². The number of nitrogens with two attached hydrogens (primary N) is 1. The van der Waals surface area contributed by atoms with Crippen LogP contribution in [0, 0.1) is 25.2 Å². The summed E-state index contributed by atoms with van der Waals surface area (Å²) in [5.74, 6) is 0.345. The molecule has 0 aliphatic heterocycles. The van der Waals surface area contributed by atoms with Crippen molar-refractivity contribution in [2.24, 2.45) is 5.10 Å². The van der Waals surface area contributed by atoms with Crippen LogP contribution < -0.4 is 5.73 Å². The summed E-state index contributed by atoms with van der Waals surface area (Å²) in [5, 5.41) is 13.2. The minimum atomic E-state index is 0.345. The summed E-state index contributed by atoms with van der Waals surface area (Å²) in [6, 6.07) is 7.66. The quantitative estimate of drug-likeness (QED) is 0.812. The van der Waals surface area contributed by atoms with E-state index in [4.69, 9.17) is 11.0 Å². The molecule has 5 heteroatoms. The van der Waals surface area contributed by atoms with E-state index in [0.717, 1.165) is 16.8 Å². The molecule has 0 amide bonds. The van der Waals surface area contributed by atoms with Gasteiger partial charge in [-0.3, -0.25) is 0 Å². The van der Waals surface area contributed by atoms with E-state index in [0.29, 0.717) is 11.5 Å². The molecule has 18 heavy (non-hydrogen) atoms. The summed E-state index contributed by atoms with van der Waals surface area (Å²) < 4.78 is 1.51. The molecular weight excluding hydrogens is 226 g/mol. The van der Waals surface area contributed by atoms with Gasteiger partial charge in [0.2, 0.25) is 5.95 Å². The van der Waals surface area contributed by atoms with Crippen molar-refractivity contribution in [2.45, 2.75) is 13.8 Å². The van der Waals surface area contributed by atoms with E-state index in [1.54, 1.807) is 18.5 Å². The molecule has 1 aromatic heterocycles. The second-order valence-corrected chi connectivity index (χ2v) is 3.96. The Bertz CT molecular complexity index is 646. The number of imidazole rings is 1. The zero-order valence-electron chi connectivity index (χ0n) is 10.3. The fourth-order valence-corrected chi connectivity index (χ4v) is 1.64. The maximum Gasteiger partial charge on any atom is 0.221 e. The molecule has 0 fully saturated rings. The highest BCUT2D eigenvalue weighted by Gasteiger charge is 2.02.